The van der Waals surface area contributed by atoms with Crippen molar-refractivity contribution in [2.24, 2.45) is 0 Å². The molecule has 7 heteroatoms. The van der Waals surface area contributed by atoms with Crippen LogP contribution in [0.3, 0.4) is 0 Å². The summed E-state index contributed by atoms with van der Waals surface area (Å²) in [5, 5.41) is 4.27. The van der Waals surface area contributed by atoms with Gasteiger partial charge < -0.3 is 19.3 Å². The summed E-state index contributed by atoms with van der Waals surface area (Å²) < 4.78 is 12.6. The lowest BCUT2D eigenvalue weighted by atomic mass is 10.2. The van der Waals surface area contributed by atoms with Crippen LogP contribution >= 0.6 is 0 Å². The number of hydrogen-bond acceptors (Lipinski definition) is 5. The van der Waals surface area contributed by atoms with E-state index in [1.165, 1.54) is 0 Å². The van der Waals surface area contributed by atoms with Crippen molar-refractivity contribution in [3.63, 3.8) is 0 Å². The lowest BCUT2D eigenvalue weighted by Gasteiger charge is -2.36. The highest BCUT2D eigenvalue weighted by atomic mass is 16.5. The van der Waals surface area contributed by atoms with Crippen molar-refractivity contribution in [2.45, 2.75) is 13.0 Å². The van der Waals surface area contributed by atoms with Gasteiger partial charge in [-0.25, -0.2) is 4.68 Å². The molecule has 1 saturated heterocycles. The molecule has 4 rings (SSSR count). The summed E-state index contributed by atoms with van der Waals surface area (Å²) in [6.45, 7) is 4.46. The molecular formula is C18H22N4O3. The lowest BCUT2D eigenvalue weighted by Crippen LogP contribution is -2.48. The van der Waals surface area contributed by atoms with Gasteiger partial charge in [0.05, 0.1) is 19.9 Å². The van der Waals surface area contributed by atoms with Crippen molar-refractivity contribution < 1.29 is 14.3 Å². The van der Waals surface area contributed by atoms with E-state index in [1.54, 1.807) is 18.0 Å². The zero-order valence-electron chi connectivity index (χ0n) is 14.4. The standard InChI is InChI=1S/C18H22N4O3/c1-24-15-5-3-14(4-6-15)20-8-10-21(11-9-20)17(23)16-13-19-22-7-2-12-25-18(16)22/h3-6,13H,2,7-12H2,1H3. The number of benzene rings is 1. The monoisotopic (exact) mass is 342 g/mol. The Morgan fingerprint density at radius 1 is 1.12 bits per heavy atom. The Morgan fingerprint density at radius 3 is 2.60 bits per heavy atom. The maximum atomic E-state index is 12.8. The summed E-state index contributed by atoms with van der Waals surface area (Å²) in [5.74, 6) is 1.48. The molecule has 7 nitrogen and oxygen atoms in total. The van der Waals surface area contributed by atoms with Crippen LogP contribution in [0.2, 0.25) is 0 Å². The van der Waals surface area contributed by atoms with Crippen LogP contribution < -0.4 is 14.4 Å². The average Bonchev–Trinajstić information content (AvgIpc) is 3.12. The highest BCUT2D eigenvalue weighted by molar-refractivity contribution is 5.96. The Balaban J connectivity index is 1.41. The molecule has 1 fully saturated rings. The van der Waals surface area contributed by atoms with E-state index in [-0.39, 0.29) is 5.91 Å². The minimum absolute atomic E-state index is 0.0116. The fourth-order valence-corrected chi connectivity index (χ4v) is 3.35. The number of carbonyl (C=O) groups excluding carboxylic acids is 1. The van der Waals surface area contributed by atoms with E-state index in [4.69, 9.17) is 9.47 Å². The molecule has 2 aromatic rings. The van der Waals surface area contributed by atoms with Crippen LogP contribution in [0.5, 0.6) is 11.6 Å². The number of amides is 1. The molecule has 0 bridgehead atoms. The largest absolute Gasteiger partial charge is 0.497 e. The molecule has 1 amide bonds. The first-order valence-corrected chi connectivity index (χ1v) is 8.63. The minimum atomic E-state index is 0.0116. The first kappa shape index (κ1) is 15.8. The fourth-order valence-electron chi connectivity index (χ4n) is 3.35. The number of aryl methyl sites for hydroxylation is 1. The van der Waals surface area contributed by atoms with Gasteiger partial charge in [0.25, 0.3) is 5.91 Å². The number of methoxy groups -OCH3 is 1. The van der Waals surface area contributed by atoms with Crippen LogP contribution in [-0.4, -0.2) is 60.5 Å². The predicted octanol–water partition coefficient (Wildman–Crippen LogP) is 1.64. The fraction of sp³-hybridized carbons (Fsp3) is 0.444. The summed E-state index contributed by atoms with van der Waals surface area (Å²) in [5.41, 5.74) is 1.73. The van der Waals surface area contributed by atoms with E-state index in [1.807, 2.05) is 17.0 Å². The Hall–Kier alpha value is -2.70. The molecule has 2 aliphatic rings. The van der Waals surface area contributed by atoms with Crippen LogP contribution in [0.4, 0.5) is 5.69 Å². The molecule has 1 aromatic carbocycles. The summed E-state index contributed by atoms with van der Waals surface area (Å²) >= 11 is 0. The quantitative estimate of drug-likeness (QED) is 0.849. The predicted molar refractivity (Wildman–Crippen MR) is 93.4 cm³/mol. The van der Waals surface area contributed by atoms with Gasteiger partial charge in [-0.1, -0.05) is 0 Å². The van der Waals surface area contributed by atoms with Gasteiger partial charge in [-0.3, -0.25) is 4.79 Å². The maximum absolute atomic E-state index is 12.8. The Bertz CT molecular complexity index is 748. The summed E-state index contributed by atoms with van der Waals surface area (Å²) in [6.07, 6.45) is 2.57. The van der Waals surface area contributed by atoms with Gasteiger partial charge in [0.1, 0.15) is 11.3 Å². The van der Waals surface area contributed by atoms with Crippen LogP contribution in [0, 0.1) is 0 Å². The van der Waals surface area contributed by atoms with Gasteiger partial charge >= 0.3 is 0 Å². The number of piperazine rings is 1. The van der Waals surface area contributed by atoms with Crippen molar-refractivity contribution in [3.8, 4) is 11.6 Å². The Labute approximate surface area is 146 Å². The van der Waals surface area contributed by atoms with E-state index in [0.29, 0.717) is 31.1 Å². The average molecular weight is 342 g/mol. The molecule has 2 aliphatic heterocycles. The molecule has 25 heavy (non-hydrogen) atoms. The van der Waals surface area contributed by atoms with Gasteiger partial charge in [-0.05, 0) is 24.3 Å². The number of hydrogen-bond donors (Lipinski definition) is 0. The van der Waals surface area contributed by atoms with Crippen molar-refractivity contribution in [2.75, 3.05) is 44.8 Å². The smallest absolute Gasteiger partial charge is 0.261 e. The minimum Gasteiger partial charge on any atom is -0.497 e. The molecule has 0 spiro atoms. The molecule has 0 aliphatic carbocycles. The molecule has 132 valence electrons. The second-order valence-corrected chi connectivity index (χ2v) is 6.27. The highest BCUT2D eigenvalue weighted by Gasteiger charge is 2.28. The van der Waals surface area contributed by atoms with E-state index < -0.39 is 0 Å². The maximum Gasteiger partial charge on any atom is 0.261 e. The molecule has 1 aromatic heterocycles. The Kier molecular flexibility index (Phi) is 4.21. The van der Waals surface area contributed by atoms with Gasteiger partial charge in [0, 0.05) is 44.8 Å². The number of rotatable bonds is 3. The van der Waals surface area contributed by atoms with E-state index in [9.17, 15) is 4.79 Å². The van der Waals surface area contributed by atoms with Crippen molar-refractivity contribution in [1.82, 2.24) is 14.7 Å². The number of aromatic nitrogens is 2. The lowest BCUT2D eigenvalue weighted by molar-refractivity contribution is 0.0740. The molecule has 3 heterocycles. The van der Waals surface area contributed by atoms with Crippen LogP contribution in [0.25, 0.3) is 0 Å². The van der Waals surface area contributed by atoms with Crippen molar-refractivity contribution in [1.29, 1.82) is 0 Å². The van der Waals surface area contributed by atoms with Crippen molar-refractivity contribution >= 4 is 11.6 Å². The Morgan fingerprint density at radius 2 is 1.88 bits per heavy atom. The van der Waals surface area contributed by atoms with Gasteiger partial charge in [0.15, 0.2) is 0 Å². The number of carbonyl (C=O) groups is 1. The normalized spacial score (nSPS) is 17.0. The third kappa shape index (κ3) is 3.01. The van der Waals surface area contributed by atoms with Gasteiger partial charge in [0.2, 0.25) is 5.88 Å². The zero-order chi connectivity index (χ0) is 17.2. The third-order valence-corrected chi connectivity index (χ3v) is 4.78. The molecule has 0 saturated carbocycles. The summed E-state index contributed by atoms with van der Waals surface area (Å²) in [7, 11) is 1.67. The van der Waals surface area contributed by atoms with Crippen LogP contribution in [0.15, 0.2) is 30.5 Å². The SMILES string of the molecule is COc1ccc(N2CCN(C(=O)c3cnn4c3OCCC4)CC2)cc1. The number of fused-ring (bicyclic) bond motifs is 1. The molecule has 0 unspecified atom stereocenters. The molecule has 0 N–H and O–H groups in total. The number of ether oxygens (including phenoxy) is 2. The molecule has 0 radical (unpaired) electrons. The number of anilines is 1. The second-order valence-electron chi connectivity index (χ2n) is 6.27. The van der Waals surface area contributed by atoms with E-state index in [2.05, 4.69) is 22.1 Å². The molecule has 0 atom stereocenters. The molecular weight excluding hydrogens is 320 g/mol. The van der Waals surface area contributed by atoms with Gasteiger partial charge in [-0.15, -0.1) is 0 Å². The zero-order valence-corrected chi connectivity index (χ0v) is 14.4. The first-order chi connectivity index (χ1) is 12.3. The topological polar surface area (TPSA) is 59.8 Å². The second kappa shape index (κ2) is 6.66. The van der Waals surface area contributed by atoms with Crippen LogP contribution in [0.1, 0.15) is 16.8 Å². The van der Waals surface area contributed by atoms with E-state index >= 15 is 0 Å². The third-order valence-electron chi connectivity index (χ3n) is 4.78. The highest BCUT2D eigenvalue weighted by Crippen LogP contribution is 2.25. The van der Waals surface area contributed by atoms with Crippen LogP contribution in [-0.2, 0) is 6.54 Å². The van der Waals surface area contributed by atoms with E-state index in [0.717, 1.165) is 37.5 Å². The van der Waals surface area contributed by atoms with Crippen molar-refractivity contribution in [3.05, 3.63) is 36.0 Å². The van der Waals surface area contributed by atoms with Gasteiger partial charge in [-0.2, -0.15) is 5.10 Å². The summed E-state index contributed by atoms with van der Waals surface area (Å²) in [4.78, 5) is 17.0. The first-order valence-electron chi connectivity index (χ1n) is 8.63. The summed E-state index contributed by atoms with van der Waals surface area (Å²) in [6, 6.07) is 8.03. The number of nitrogens with zero attached hydrogens (tertiary/aromatic N) is 4.